The molecular weight excluding hydrogens is 684 g/mol. The Hall–Kier alpha value is -5.05. The fourth-order valence-corrected chi connectivity index (χ4v) is 6.57. The van der Waals surface area contributed by atoms with Gasteiger partial charge >= 0.3 is 11.9 Å². The van der Waals surface area contributed by atoms with E-state index < -0.39 is 77.0 Å². The van der Waals surface area contributed by atoms with Crippen LogP contribution in [-0.4, -0.2) is 99.4 Å². The number of aromatic nitrogens is 1. The van der Waals surface area contributed by atoms with E-state index in [9.17, 15) is 38.7 Å². The molecule has 0 saturated carbocycles. The van der Waals surface area contributed by atoms with Gasteiger partial charge in [0.15, 0.2) is 0 Å². The Morgan fingerprint density at radius 3 is 2.09 bits per heavy atom. The Balaban J connectivity index is 1.81. The molecule has 15 nitrogen and oxygen atoms in total. The number of imide groups is 1. The first-order valence-electron chi connectivity index (χ1n) is 17.6. The number of para-hydroxylation sites is 1. The van der Waals surface area contributed by atoms with E-state index in [4.69, 9.17) is 4.84 Å². The molecule has 1 saturated heterocycles. The number of hydrogen-bond acceptors (Lipinski definition) is 9. The molecule has 0 aliphatic carbocycles. The van der Waals surface area contributed by atoms with Gasteiger partial charge in [0.25, 0.3) is 11.8 Å². The van der Waals surface area contributed by atoms with Crippen LogP contribution in [0.15, 0.2) is 42.1 Å². The predicted molar refractivity (Wildman–Crippen MR) is 197 cm³/mol. The van der Waals surface area contributed by atoms with E-state index in [-0.39, 0.29) is 30.2 Å². The Morgan fingerprint density at radius 1 is 0.981 bits per heavy atom. The van der Waals surface area contributed by atoms with Crippen LogP contribution in [-0.2, 0) is 50.9 Å². The fraction of sp³-hybridized carbons (Fsp3) is 0.553. The Morgan fingerprint density at radius 2 is 1.57 bits per heavy atom. The zero-order valence-corrected chi connectivity index (χ0v) is 32.5. The first kappa shape index (κ1) is 42.4. The van der Waals surface area contributed by atoms with Crippen molar-refractivity contribution in [3.8, 4) is 0 Å². The first-order chi connectivity index (χ1) is 24.5. The summed E-state index contributed by atoms with van der Waals surface area (Å²) in [7, 11) is 5.24. The minimum Gasteiger partial charge on any atom is -0.480 e. The summed E-state index contributed by atoms with van der Waals surface area (Å²) in [6, 6.07) is 3.86. The lowest BCUT2D eigenvalue weighted by Crippen LogP contribution is -2.61. The minimum absolute atomic E-state index is 0.0660. The summed E-state index contributed by atoms with van der Waals surface area (Å²) in [4.78, 5) is 95.7. The molecule has 0 bridgehead atoms. The Bertz CT molecular complexity index is 1770. The average molecular weight is 739 g/mol. The topological polar surface area (TPSA) is 196 Å². The second-order valence-corrected chi connectivity index (χ2v) is 15.6. The number of rotatable bonds is 15. The highest BCUT2D eigenvalue weighted by molar-refractivity contribution is 6.02. The summed E-state index contributed by atoms with van der Waals surface area (Å²) in [5.74, 6) is -5.99. The summed E-state index contributed by atoms with van der Waals surface area (Å²) >= 11 is 0. The highest BCUT2D eigenvalue weighted by Crippen LogP contribution is 2.35. The molecule has 0 radical (unpaired) electrons. The van der Waals surface area contributed by atoms with Crippen molar-refractivity contribution in [3.63, 3.8) is 0 Å². The lowest BCUT2D eigenvalue weighted by molar-refractivity contribution is -0.198. The van der Waals surface area contributed by atoms with E-state index in [2.05, 4.69) is 16.0 Å². The third-order valence-electron chi connectivity index (χ3n) is 9.69. The molecule has 1 aliphatic rings. The maximum atomic E-state index is 14.3. The van der Waals surface area contributed by atoms with Crippen LogP contribution < -0.4 is 16.0 Å². The number of carboxylic acid groups (broad SMARTS) is 1. The van der Waals surface area contributed by atoms with E-state index in [1.807, 2.05) is 90.5 Å². The number of nitrogens with zero attached hydrogens (tertiary/aromatic N) is 3. The van der Waals surface area contributed by atoms with Crippen LogP contribution in [0, 0.1) is 11.3 Å². The molecule has 2 heterocycles. The molecule has 290 valence electrons. The number of fused-ring (bicyclic) bond motifs is 1. The Labute approximate surface area is 310 Å². The van der Waals surface area contributed by atoms with Gasteiger partial charge in [-0.15, -0.1) is 5.06 Å². The van der Waals surface area contributed by atoms with Crippen molar-refractivity contribution >= 4 is 52.4 Å². The average Bonchev–Trinajstić information content (AvgIpc) is 3.58. The van der Waals surface area contributed by atoms with E-state index in [1.165, 1.54) is 17.9 Å². The van der Waals surface area contributed by atoms with Gasteiger partial charge in [-0.1, -0.05) is 72.7 Å². The van der Waals surface area contributed by atoms with Crippen molar-refractivity contribution in [2.24, 2.45) is 18.4 Å². The molecule has 53 heavy (non-hydrogen) atoms. The van der Waals surface area contributed by atoms with Crippen LogP contribution >= 0.6 is 0 Å². The van der Waals surface area contributed by atoms with Crippen molar-refractivity contribution in [3.05, 3.63) is 47.7 Å². The van der Waals surface area contributed by atoms with Gasteiger partial charge in [0.1, 0.15) is 12.1 Å². The van der Waals surface area contributed by atoms with E-state index >= 15 is 0 Å². The molecule has 0 spiro atoms. The zero-order valence-electron chi connectivity index (χ0n) is 32.5. The molecular formula is C38H54N6O9. The predicted octanol–water partition coefficient (Wildman–Crippen LogP) is 2.57. The monoisotopic (exact) mass is 738 g/mol. The van der Waals surface area contributed by atoms with Gasteiger partial charge < -0.3 is 35.4 Å². The Kier molecular flexibility index (Phi) is 13.4. The van der Waals surface area contributed by atoms with Gasteiger partial charge in [0, 0.05) is 55.0 Å². The summed E-state index contributed by atoms with van der Waals surface area (Å²) in [6.07, 6.45) is 2.43. The van der Waals surface area contributed by atoms with Crippen molar-refractivity contribution in [1.29, 1.82) is 0 Å². The maximum Gasteiger partial charge on any atom is 0.335 e. The molecule has 4 N–H and O–H groups in total. The number of hydroxylamine groups is 2. The van der Waals surface area contributed by atoms with Gasteiger partial charge in [-0.05, 0) is 36.9 Å². The van der Waals surface area contributed by atoms with Crippen molar-refractivity contribution in [1.82, 2.24) is 30.5 Å². The maximum absolute atomic E-state index is 14.3. The number of carboxylic acids is 1. The van der Waals surface area contributed by atoms with Crippen LogP contribution in [0.4, 0.5) is 0 Å². The fourth-order valence-electron chi connectivity index (χ4n) is 6.57. The number of hydrogen-bond donors (Lipinski definition) is 4. The molecule has 1 fully saturated rings. The summed E-state index contributed by atoms with van der Waals surface area (Å²) in [6.45, 7) is 14.6. The molecule has 1 aliphatic heterocycles. The number of carbonyl (C=O) groups excluding carboxylic acids is 6. The number of benzene rings is 1. The molecule has 5 amide bonds. The van der Waals surface area contributed by atoms with Gasteiger partial charge in [-0.3, -0.25) is 24.0 Å². The van der Waals surface area contributed by atoms with Gasteiger partial charge in [0.2, 0.25) is 17.7 Å². The number of amides is 5. The van der Waals surface area contributed by atoms with Crippen LogP contribution in [0.1, 0.15) is 80.2 Å². The van der Waals surface area contributed by atoms with Crippen molar-refractivity contribution < 1.29 is 43.5 Å². The standard InChI is InChI=1S/C38H54N6O9/c1-21(2)27(18-22(3)33(48)40-25(36(51)52)19-30(47)53-44-28(45)16-17-29(44)46)43(11)35(50)32(37(4,5)6)41-34(49)31(39-9)38(7,8)24-20-42(10)26-15-13-12-14-23(24)26/h12-15,18,20-21,25,27,31-32,39H,16-17,19H2,1-11H3,(H,40,48)(H,41,49)(H,51,52)/b22-18+/t25-,27+,31+,32+/m0/s1. The third kappa shape index (κ3) is 9.69. The molecule has 1 aromatic carbocycles. The molecule has 2 aromatic rings. The van der Waals surface area contributed by atoms with Gasteiger partial charge in [-0.25, -0.2) is 9.59 Å². The van der Waals surface area contributed by atoms with Crippen molar-refractivity contribution in [2.45, 2.75) is 104 Å². The number of likely N-dealkylation sites (N-methyl/N-ethyl adjacent to an activating group) is 2. The SMILES string of the molecule is CN[C@H](C(=O)N[C@H](C(=O)N(C)[C@H](/C=C(\C)C(=O)N[C@@H](CC(=O)ON1C(=O)CCC1=O)C(=O)O)C(C)C)C(C)(C)C)C(C)(C)c1cn(C)c2ccccc12. The molecule has 15 heteroatoms. The quantitative estimate of drug-likeness (QED) is 0.156. The highest BCUT2D eigenvalue weighted by Gasteiger charge is 2.43. The number of carbonyl (C=O) groups is 7. The number of aryl methyl sites for hydroxylation is 1. The largest absolute Gasteiger partial charge is 0.480 e. The minimum atomic E-state index is -1.73. The van der Waals surface area contributed by atoms with Crippen molar-refractivity contribution in [2.75, 3.05) is 14.1 Å². The molecule has 3 rings (SSSR count). The summed E-state index contributed by atoms with van der Waals surface area (Å²) < 4.78 is 2.02. The van der Waals surface area contributed by atoms with E-state index in [0.29, 0.717) is 5.06 Å². The zero-order chi connectivity index (χ0) is 40.2. The van der Waals surface area contributed by atoms with Crippen LogP contribution in [0.2, 0.25) is 0 Å². The second-order valence-electron chi connectivity index (χ2n) is 15.6. The number of nitrogens with one attached hydrogen (secondary N) is 3. The third-order valence-corrected chi connectivity index (χ3v) is 9.69. The smallest absolute Gasteiger partial charge is 0.335 e. The highest BCUT2D eigenvalue weighted by atomic mass is 16.7. The van der Waals surface area contributed by atoms with Crippen LogP contribution in [0.3, 0.4) is 0 Å². The molecule has 0 unspecified atom stereocenters. The molecule has 1 aromatic heterocycles. The van der Waals surface area contributed by atoms with Gasteiger partial charge in [-0.2, -0.15) is 0 Å². The normalized spacial score (nSPS) is 16.3. The second kappa shape index (κ2) is 16.7. The first-order valence-corrected chi connectivity index (χ1v) is 17.6. The van der Waals surface area contributed by atoms with E-state index in [1.54, 1.807) is 14.1 Å². The summed E-state index contributed by atoms with van der Waals surface area (Å²) in [5, 5.41) is 19.5. The summed E-state index contributed by atoms with van der Waals surface area (Å²) in [5.41, 5.74) is 0.641. The van der Waals surface area contributed by atoms with Gasteiger partial charge in [0.05, 0.1) is 18.5 Å². The lowest BCUT2D eigenvalue weighted by atomic mass is 9.76. The molecule has 4 atom stereocenters. The van der Waals surface area contributed by atoms with Crippen LogP contribution in [0.5, 0.6) is 0 Å². The number of aliphatic carboxylic acids is 1. The van der Waals surface area contributed by atoms with E-state index in [0.717, 1.165) is 16.5 Å². The lowest BCUT2D eigenvalue weighted by Gasteiger charge is -2.39. The van der Waals surface area contributed by atoms with Crippen LogP contribution in [0.25, 0.3) is 10.9 Å².